The second kappa shape index (κ2) is 12.4. The summed E-state index contributed by atoms with van der Waals surface area (Å²) in [6.45, 7) is 1.61. The van der Waals surface area contributed by atoms with Crippen LogP contribution in [0.2, 0.25) is 0 Å². The van der Waals surface area contributed by atoms with Crippen molar-refractivity contribution >= 4 is 33.2 Å². The third-order valence-electron chi connectivity index (χ3n) is 5.65. The number of hydrogen-bond donors (Lipinski definition) is 2. The Balaban J connectivity index is 0.00000144. The van der Waals surface area contributed by atoms with Crippen molar-refractivity contribution in [1.82, 2.24) is 0 Å². The van der Waals surface area contributed by atoms with E-state index in [4.69, 9.17) is 11.5 Å². The van der Waals surface area contributed by atoms with Gasteiger partial charge in [-0.25, -0.2) is 0 Å². The van der Waals surface area contributed by atoms with Gasteiger partial charge in [-0.3, -0.25) is 0 Å². The van der Waals surface area contributed by atoms with Crippen LogP contribution in [-0.2, 0) is 13.1 Å². The number of para-hydroxylation sites is 2. The smallest absolute Gasteiger partial charge is 0.214 e. The Morgan fingerprint density at radius 3 is 1.24 bits per heavy atom. The van der Waals surface area contributed by atoms with Gasteiger partial charge in [0.2, 0.25) is 11.0 Å². The van der Waals surface area contributed by atoms with Gasteiger partial charge in [0.1, 0.15) is 0 Å². The lowest BCUT2D eigenvalue weighted by molar-refractivity contribution is -0.662. The number of anilines is 2. The Morgan fingerprint density at radius 2 is 0.853 bits per heavy atom. The predicted molar refractivity (Wildman–Crippen MR) is 129 cm³/mol. The van der Waals surface area contributed by atoms with Crippen LogP contribution in [0.3, 0.4) is 0 Å². The minimum Gasteiger partial charge on any atom is -1.00 e. The van der Waals surface area contributed by atoms with Gasteiger partial charge in [0.15, 0.2) is 25.5 Å². The summed E-state index contributed by atoms with van der Waals surface area (Å²) in [5.74, 6) is 0. The van der Waals surface area contributed by atoms with Crippen LogP contribution in [0.15, 0.2) is 97.3 Å². The van der Waals surface area contributed by atoms with Gasteiger partial charge >= 0.3 is 0 Å². The minimum absolute atomic E-state index is 0. The van der Waals surface area contributed by atoms with Gasteiger partial charge in [0.25, 0.3) is 0 Å². The molecule has 2 heterocycles. The molecule has 8 N–H and O–H groups in total. The third kappa shape index (κ3) is 5.71. The molecule has 0 bridgehead atoms. The molecule has 6 nitrogen and oxygen atoms in total. The Hall–Kier alpha value is -3.04. The molecule has 0 aliphatic heterocycles. The molecule has 0 spiro atoms. The first-order valence-electron chi connectivity index (χ1n) is 10.1. The maximum absolute atomic E-state index is 6.14. The molecule has 0 unspecified atom stereocenters. The zero-order chi connectivity index (χ0) is 20.5. The van der Waals surface area contributed by atoms with Gasteiger partial charge in [-0.15, -0.1) is 0 Å². The van der Waals surface area contributed by atoms with Crippen LogP contribution in [0, 0.1) is 0 Å². The lowest BCUT2D eigenvalue weighted by Crippen LogP contribution is -3.00. The molecular weight excluding hydrogens is 560 g/mol. The van der Waals surface area contributed by atoms with Crippen molar-refractivity contribution in [2.45, 2.75) is 13.1 Å². The fourth-order valence-electron chi connectivity index (χ4n) is 4.04. The molecule has 5 aromatic rings. The summed E-state index contributed by atoms with van der Waals surface area (Å²) >= 11 is 0. The van der Waals surface area contributed by atoms with Crippen molar-refractivity contribution in [2.24, 2.45) is 0 Å². The molecule has 0 radical (unpaired) electrons. The summed E-state index contributed by atoms with van der Waals surface area (Å²) < 4.78 is 4.48. The fourth-order valence-corrected chi connectivity index (χ4v) is 4.04. The van der Waals surface area contributed by atoms with Crippen molar-refractivity contribution in [3.05, 3.63) is 108 Å². The number of rotatable bonds is 4. The Kier molecular flexibility index (Phi) is 10.6. The first-order valence-corrected chi connectivity index (χ1v) is 10.1. The van der Waals surface area contributed by atoms with E-state index in [1.807, 2.05) is 24.3 Å². The number of pyridine rings is 2. The van der Waals surface area contributed by atoms with Crippen LogP contribution < -0.4 is 54.6 Å². The highest BCUT2D eigenvalue weighted by Crippen LogP contribution is 2.18. The van der Waals surface area contributed by atoms with Crippen molar-refractivity contribution in [1.29, 1.82) is 0 Å². The molecule has 0 atom stereocenters. The van der Waals surface area contributed by atoms with E-state index in [9.17, 15) is 0 Å². The number of benzene rings is 3. The second-order valence-electron chi connectivity index (χ2n) is 7.65. The zero-order valence-electron chi connectivity index (χ0n) is 18.5. The predicted octanol–water partition coefficient (Wildman–Crippen LogP) is -3.81. The summed E-state index contributed by atoms with van der Waals surface area (Å²) in [5, 5.41) is 2.17. The van der Waals surface area contributed by atoms with Gasteiger partial charge in [0, 0.05) is 35.4 Å². The highest BCUT2D eigenvalue weighted by atomic mass is 79.9. The van der Waals surface area contributed by atoms with Gasteiger partial charge in [0.05, 0.1) is 22.1 Å². The number of halogens is 2. The van der Waals surface area contributed by atoms with Crippen molar-refractivity contribution in [2.75, 3.05) is 11.5 Å². The lowest BCUT2D eigenvalue weighted by Gasteiger charge is -2.06. The number of nitrogens with two attached hydrogens (primary N) is 2. The zero-order valence-corrected chi connectivity index (χ0v) is 21.6. The average molecular weight is 588 g/mol. The van der Waals surface area contributed by atoms with Crippen LogP contribution in [0.25, 0.3) is 21.8 Å². The number of nitrogen functional groups attached to an aromatic ring is 2. The van der Waals surface area contributed by atoms with Gasteiger partial charge in [-0.1, -0.05) is 48.5 Å². The standard InChI is InChI=1S/C26H22N4.2BrH.2H2O/c27-23-13-15-29(25-7-3-1-5-21(23)25)17-19-9-11-20(12-10-19)18-30-16-14-24(28)22-6-2-4-8-26(22)30;;;;/h1-16,27-28H,17-18H2;2*1H;2*1H2. The molecule has 34 heavy (non-hydrogen) atoms. The lowest BCUT2D eigenvalue weighted by atomic mass is 10.1. The van der Waals surface area contributed by atoms with Crippen molar-refractivity contribution < 1.29 is 54.0 Å². The molecule has 0 saturated carbocycles. The van der Waals surface area contributed by atoms with Crippen LogP contribution in [0.4, 0.5) is 11.4 Å². The van der Waals surface area contributed by atoms with E-state index in [-0.39, 0.29) is 44.9 Å². The second-order valence-corrected chi connectivity index (χ2v) is 7.65. The van der Waals surface area contributed by atoms with Crippen molar-refractivity contribution in [3.63, 3.8) is 0 Å². The summed E-state index contributed by atoms with van der Waals surface area (Å²) in [6, 6.07) is 29.3. The number of fused-ring (bicyclic) bond motifs is 2. The van der Waals surface area contributed by atoms with E-state index < -0.39 is 0 Å². The Labute approximate surface area is 219 Å². The monoisotopic (exact) mass is 586 g/mol. The summed E-state index contributed by atoms with van der Waals surface area (Å²) in [4.78, 5) is 0. The van der Waals surface area contributed by atoms with Crippen molar-refractivity contribution in [3.8, 4) is 0 Å². The number of hydrogen-bond acceptors (Lipinski definition) is 2. The topological polar surface area (TPSA) is 123 Å². The van der Waals surface area contributed by atoms with E-state index in [1.165, 1.54) is 11.1 Å². The highest BCUT2D eigenvalue weighted by Gasteiger charge is 2.13. The van der Waals surface area contributed by atoms with E-state index in [1.54, 1.807) is 0 Å². The molecule has 0 saturated heterocycles. The SMILES string of the molecule is Nc1cc[n+](Cc2ccc(C[n+]3ccc(N)c4ccccc43)cc2)c2ccccc12.O.O.[Br-].[Br-]. The normalized spacial score (nSPS) is 9.88. The molecule has 0 aliphatic rings. The van der Waals surface area contributed by atoms with Crippen LogP contribution in [0.5, 0.6) is 0 Å². The van der Waals surface area contributed by atoms with Gasteiger partial charge in [-0.05, 0) is 12.1 Å². The highest BCUT2D eigenvalue weighted by molar-refractivity contribution is 5.88. The summed E-state index contributed by atoms with van der Waals surface area (Å²) in [7, 11) is 0. The number of aromatic nitrogens is 2. The molecular formula is C26H28Br2N4O2. The molecule has 3 aromatic carbocycles. The molecule has 178 valence electrons. The molecule has 0 amide bonds. The molecule has 2 aromatic heterocycles. The van der Waals surface area contributed by atoms with E-state index in [0.717, 1.165) is 46.3 Å². The molecule has 8 heteroatoms. The number of nitrogens with zero attached hydrogens (tertiary/aromatic N) is 2. The van der Waals surface area contributed by atoms with Gasteiger partial charge in [-0.2, -0.15) is 9.13 Å². The van der Waals surface area contributed by atoms with E-state index >= 15 is 0 Å². The average Bonchev–Trinajstić information content (AvgIpc) is 2.79. The van der Waals surface area contributed by atoms with Crippen LogP contribution in [-0.4, -0.2) is 11.0 Å². The maximum Gasteiger partial charge on any atom is 0.214 e. The first-order chi connectivity index (χ1) is 14.7. The molecule has 5 rings (SSSR count). The quantitative estimate of drug-likeness (QED) is 0.209. The maximum atomic E-state index is 6.14. The summed E-state index contributed by atoms with van der Waals surface area (Å²) in [6.07, 6.45) is 4.11. The largest absolute Gasteiger partial charge is 1.00 e. The van der Waals surface area contributed by atoms with E-state index in [2.05, 4.69) is 82.2 Å². The van der Waals surface area contributed by atoms with Crippen LogP contribution >= 0.6 is 0 Å². The molecule has 0 fully saturated rings. The van der Waals surface area contributed by atoms with Crippen LogP contribution in [0.1, 0.15) is 11.1 Å². The van der Waals surface area contributed by atoms with Gasteiger partial charge < -0.3 is 56.4 Å². The van der Waals surface area contributed by atoms with E-state index in [0.29, 0.717) is 0 Å². The third-order valence-corrected chi connectivity index (χ3v) is 5.65. The minimum atomic E-state index is 0. The first kappa shape index (κ1) is 29.0. The summed E-state index contributed by atoms with van der Waals surface area (Å²) in [5.41, 5.74) is 18.7. The fraction of sp³-hybridized carbons (Fsp3) is 0.0769. The Bertz CT molecular complexity index is 1270. The Morgan fingerprint density at radius 1 is 0.500 bits per heavy atom. The molecule has 0 aliphatic carbocycles.